The fourth-order valence-electron chi connectivity index (χ4n) is 2.59. The summed E-state index contributed by atoms with van der Waals surface area (Å²) in [7, 11) is -3.37. The van der Waals surface area contributed by atoms with E-state index in [1.807, 2.05) is 19.1 Å². The highest BCUT2D eigenvalue weighted by Gasteiger charge is 2.28. The highest BCUT2D eigenvalue weighted by Crippen LogP contribution is 2.18. The Kier molecular flexibility index (Phi) is 5.95. The minimum atomic E-state index is -3.37. The van der Waals surface area contributed by atoms with Gasteiger partial charge in [-0.1, -0.05) is 17.7 Å². The maximum Gasteiger partial charge on any atom is 0.243 e. The topological polar surface area (TPSA) is 64.4 Å². The molecule has 0 atom stereocenters. The van der Waals surface area contributed by atoms with E-state index in [1.165, 1.54) is 0 Å². The van der Waals surface area contributed by atoms with Gasteiger partial charge in [0.05, 0.1) is 11.0 Å². The van der Waals surface area contributed by atoms with Crippen LogP contribution in [0.25, 0.3) is 0 Å². The van der Waals surface area contributed by atoms with Crippen molar-refractivity contribution in [3.05, 3.63) is 29.8 Å². The third kappa shape index (κ3) is 4.29. The lowest BCUT2D eigenvalue weighted by Gasteiger charge is -2.33. The van der Waals surface area contributed by atoms with Crippen LogP contribution in [0.5, 0.6) is 0 Å². The van der Waals surface area contributed by atoms with Gasteiger partial charge >= 0.3 is 0 Å². The van der Waals surface area contributed by atoms with Crippen LogP contribution in [0.3, 0.4) is 0 Å². The summed E-state index contributed by atoms with van der Waals surface area (Å²) in [4.78, 5) is 2.65. The molecule has 0 radical (unpaired) electrons. The molecule has 6 heteroatoms. The van der Waals surface area contributed by atoms with Crippen LogP contribution in [0.15, 0.2) is 29.2 Å². The van der Waals surface area contributed by atoms with Crippen molar-refractivity contribution in [1.82, 2.24) is 9.21 Å². The predicted molar refractivity (Wildman–Crippen MR) is 85.8 cm³/mol. The van der Waals surface area contributed by atoms with Crippen LogP contribution in [-0.2, 0) is 10.0 Å². The summed E-state index contributed by atoms with van der Waals surface area (Å²) in [6.45, 7) is 5.49. The van der Waals surface area contributed by atoms with Crippen LogP contribution in [0.4, 0.5) is 0 Å². The minimum absolute atomic E-state index is 0.376. The van der Waals surface area contributed by atoms with E-state index in [2.05, 4.69) is 11.0 Å². The van der Waals surface area contributed by atoms with E-state index in [0.717, 1.165) is 38.0 Å². The molecule has 0 spiro atoms. The quantitative estimate of drug-likeness (QED) is 0.752. The molecule has 1 aliphatic rings. The maximum atomic E-state index is 12.6. The molecular formula is C16H23N3O2S. The van der Waals surface area contributed by atoms with Gasteiger partial charge < -0.3 is 4.90 Å². The van der Waals surface area contributed by atoms with E-state index < -0.39 is 10.0 Å². The molecule has 1 aromatic carbocycles. The number of nitrogens with zero attached hydrogens (tertiary/aromatic N) is 3. The predicted octanol–water partition coefficient (Wildman–Crippen LogP) is 2.00. The zero-order valence-corrected chi connectivity index (χ0v) is 13.8. The molecule has 1 fully saturated rings. The lowest BCUT2D eigenvalue weighted by Crippen LogP contribution is -2.48. The second-order valence-corrected chi connectivity index (χ2v) is 7.61. The van der Waals surface area contributed by atoms with Gasteiger partial charge in [-0.25, -0.2) is 8.42 Å². The molecule has 0 N–H and O–H groups in total. The van der Waals surface area contributed by atoms with Crippen LogP contribution in [0.1, 0.15) is 24.8 Å². The summed E-state index contributed by atoms with van der Waals surface area (Å²) in [5.74, 6) is 0. The van der Waals surface area contributed by atoms with Crippen LogP contribution in [-0.4, -0.2) is 50.3 Å². The monoisotopic (exact) mass is 321 g/mol. The van der Waals surface area contributed by atoms with Crippen LogP contribution in [0, 0.1) is 18.3 Å². The lowest BCUT2D eigenvalue weighted by atomic mass is 10.2. The Morgan fingerprint density at radius 3 is 2.32 bits per heavy atom. The lowest BCUT2D eigenvalue weighted by molar-refractivity contribution is 0.186. The van der Waals surface area contributed by atoms with Crippen molar-refractivity contribution in [1.29, 1.82) is 5.26 Å². The number of hydrogen-bond donors (Lipinski definition) is 0. The van der Waals surface area contributed by atoms with Crippen molar-refractivity contribution in [3.63, 3.8) is 0 Å². The largest absolute Gasteiger partial charge is 0.301 e. The minimum Gasteiger partial charge on any atom is -0.301 e. The van der Waals surface area contributed by atoms with Crippen molar-refractivity contribution in [3.8, 4) is 6.07 Å². The van der Waals surface area contributed by atoms with Gasteiger partial charge in [0, 0.05) is 32.6 Å². The highest BCUT2D eigenvalue weighted by atomic mass is 32.2. The average molecular weight is 321 g/mol. The first-order chi connectivity index (χ1) is 10.5. The molecule has 0 bridgehead atoms. The zero-order valence-electron chi connectivity index (χ0n) is 13.0. The van der Waals surface area contributed by atoms with Crippen LogP contribution < -0.4 is 0 Å². The molecule has 2 rings (SSSR count). The Morgan fingerprint density at radius 1 is 1.09 bits per heavy atom. The molecule has 5 nitrogen and oxygen atoms in total. The van der Waals surface area contributed by atoms with E-state index in [0.29, 0.717) is 24.4 Å². The molecule has 1 aliphatic heterocycles. The third-order valence-corrected chi connectivity index (χ3v) is 5.92. The van der Waals surface area contributed by atoms with Crippen molar-refractivity contribution >= 4 is 10.0 Å². The molecule has 0 aromatic heterocycles. The Labute approximate surface area is 133 Å². The van der Waals surface area contributed by atoms with E-state index >= 15 is 0 Å². The second-order valence-electron chi connectivity index (χ2n) is 5.67. The fourth-order valence-corrected chi connectivity index (χ4v) is 4.01. The SMILES string of the molecule is Cc1ccc(S(=O)(=O)N2CCN(CCCCC#N)CC2)cc1. The second kappa shape index (κ2) is 7.73. The standard InChI is InChI=1S/C16H23N3O2S/c1-15-5-7-16(8-6-15)22(20,21)19-13-11-18(12-14-19)10-4-2-3-9-17/h5-8H,2-4,10-14H2,1H3. The first-order valence-corrected chi connectivity index (χ1v) is 9.14. The van der Waals surface area contributed by atoms with Crippen molar-refractivity contribution in [2.75, 3.05) is 32.7 Å². The van der Waals surface area contributed by atoms with Crippen molar-refractivity contribution in [2.45, 2.75) is 31.1 Å². The molecule has 120 valence electrons. The molecule has 1 heterocycles. The van der Waals surface area contributed by atoms with Gasteiger partial charge in [-0.2, -0.15) is 9.57 Å². The summed E-state index contributed by atoms with van der Waals surface area (Å²) in [6.07, 6.45) is 2.51. The highest BCUT2D eigenvalue weighted by molar-refractivity contribution is 7.89. The summed E-state index contributed by atoms with van der Waals surface area (Å²) < 4.78 is 26.7. The van der Waals surface area contributed by atoms with Gasteiger partial charge in [0.15, 0.2) is 0 Å². The molecular weight excluding hydrogens is 298 g/mol. The van der Waals surface area contributed by atoms with Gasteiger partial charge in [0.1, 0.15) is 0 Å². The van der Waals surface area contributed by atoms with Crippen molar-refractivity contribution in [2.24, 2.45) is 0 Å². The smallest absolute Gasteiger partial charge is 0.243 e. The number of nitriles is 1. The number of unbranched alkanes of at least 4 members (excludes halogenated alkanes) is 2. The normalized spacial score (nSPS) is 17.3. The van der Waals surface area contributed by atoms with Gasteiger partial charge in [-0.05, 0) is 38.4 Å². The van der Waals surface area contributed by atoms with Gasteiger partial charge in [-0.15, -0.1) is 0 Å². The number of aryl methyl sites for hydroxylation is 1. The Balaban J connectivity index is 1.88. The zero-order chi connectivity index (χ0) is 16.0. The van der Waals surface area contributed by atoms with E-state index in [1.54, 1.807) is 16.4 Å². The van der Waals surface area contributed by atoms with Crippen LogP contribution >= 0.6 is 0 Å². The van der Waals surface area contributed by atoms with Gasteiger partial charge in [0.25, 0.3) is 0 Å². The first kappa shape index (κ1) is 16.9. The molecule has 0 aliphatic carbocycles. The molecule has 1 saturated heterocycles. The number of benzene rings is 1. The molecule has 0 saturated carbocycles. The van der Waals surface area contributed by atoms with E-state index in [-0.39, 0.29) is 0 Å². The summed E-state index contributed by atoms with van der Waals surface area (Å²) >= 11 is 0. The first-order valence-electron chi connectivity index (χ1n) is 7.70. The van der Waals surface area contributed by atoms with Gasteiger partial charge in [-0.3, -0.25) is 0 Å². The Bertz CT molecular complexity index is 612. The fraction of sp³-hybridized carbons (Fsp3) is 0.562. The van der Waals surface area contributed by atoms with E-state index in [9.17, 15) is 8.42 Å². The number of sulfonamides is 1. The summed E-state index contributed by atoms with van der Waals surface area (Å²) in [5, 5.41) is 8.52. The molecule has 1 aromatic rings. The average Bonchev–Trinajstić information content (AvgIpc) is 2.52. The molecule has 22 heavy (non-hydrogen) atoms. The van der Waals surface area contributed by atoms with Crippen LogP contribution in [0.2, 0.25) is 0 Å². The number of hydrogen-bond acceptors (Lipinski definition) is 4. The number of rotatable bonds is 6. The maximum absolute atomic E-state index is 12.6. The third-order valence-electron chi connectivity index (χ3n) is 4.00. The molecule has 0 unspecified atom stereocenters. The number of piperazine rings is 1. The van der Waals surface area contributed by atoms with Gasteiger partial charge in [0.2, 0.25) is 10.0 Å². The summed E-state index contributed by atoms with van der Waals surface area (Å²) in [6, 6.07) is 9.17. The van der Waals surface area contributed by atoms with Crippen molar-refractivity contribution < 1.29 is 8.42 Å². The van der Waals surface area contributed by atoms with E-state index in [4.69, 9.17) is 5.26 Å². The summed E-state index contributed by atoms with van der Waals surface area (Å²) in [5.41, 5.74) is 1.06. The molecule has 0 amide bonds. The Morgan fingerprint density at radius 2 is 1.73 bits per heavy atom. The Hall–Kier alpha value is -1.42.